The van der Waals surface area contributed by atoms with Crippen molar-refractivity contribution in [3.8, 4) is 0 Å². The van der Waals surface area contributed by atoms with Crippen molar-refractivity contribution in [2.45, 2.75) is 0 Å². The van der Waals surface area contributed by atoms with Gasteiger partial charge in [-0.3, -0.25) is 4.79 Å². The molecule has 3 nitrogen and oxygen atoms in total. The van der Waals surface area contributed by atoms with Crippen LogP contribution in [0.1, 0.15) is 10.4 Å². The Balaban J connectivity index is 2.36. The van der Waals surface area contributed by atoms with Crippen molar-refractivity contribution in [3.63, 3.8) is 0 Å². The van der Waals surface area contributed by atoms with Crippen molar-refractivity contribution >= 4 is 44.8 Å². The van der Waals surface area contributed by atoms with Crippen LogP contribution in [-0.4, -0.2) is 5.91 Å². The van der Waals surface area contributed by atoms with E-state index in [1.807, 2.05) is 0 Å². The number of halogens is 4. The second kappa shape index (κ2) is 5.76. The number of nitrogens with two attached hydrogens (primary N) is 1. The lowest BCUT2D eigenvalue weighted by Crippen LogP contribution is -2.14. The fourth-order valence-corrected chi connectivity index (χ4v) is 2.24. The van der Waals surface area contributed by atoms with Gasteiger partial charge in [-0.1, -0.05) is 17.7 Å². The Bertz CT molecular complexity index is 674. The Hall–Kier alpha value is -1.66. The van der Waals surface area contributed by atoms with Gasteiger partial charge in [0.2, 0.25) is 0 Å². The molecular formula is C13H8BrClF2N2O. The molecular weight excluding hydrogens is 354 g/mol. The molecule has 0 saturated heterocycles. The molecule has 2 rings (SSSR count). The van der Waals surface area contributed by atoms with Gasteiger partial charge < -0.3 is 11.1 Å². The number of hydrogen-bond acceptors (Lipinski definition) is 2. The van der Waals surface area contributed by atoms with E-state index in [9.17, 15) is 13.6 Å². The average Bonchev–Trinajstić information content (AvgIpc) is 2.38. The summed E-state index contributed by atoms with van der Waals surface area (Å²) in [5, 5.41) is 2.39. The monoisotopic (exact) mass is 360 g/mol. The Morgan fingerprint density at radius 3 is 2.60 bits per heavy atom. The van der Waals surface area contributed by atoms with E-state index in [4.69, 9.17) is 17.3 Å². The molecule has 0 aliphatic carbocycles. The Morgan fingerprint density at radius 1 is 1.25 bits per heavy atom. The Kier molecular flexibility index (Phi) is 4.25. The molecule has 0 spiro atoms. The summed E-state index contributed by atoms with van der Waals surface area (Å²) in [5.74, 6) is -1.98. The predicted octanol–water partition coefficient (Wildman–Crippen LogP) is 4.22. The minimum atomic E-state index is -0.669. The van der Waals surface area contributed by atoms with Crippen LogP contribution in [0.15, 0.2) is 34.8 Å². The fraction of sp³-hybridized carbons (Fsp3) is 0. The first-order chi connectivity index (χ1) is 9.40. The number of para-hydroxylation sites is 1. The summed E-state index contributed by atoms with van der Waals surface area (Å²) in [6.45, 7) is 0. The summed E-state index contributed by atoms with van der Waals surface area (Å²) in [6.07, 6.45) is 0. The summed E-state index contributed by atoms with van der Waals surface area (Å²) < 4.78 is 27.0. The first-order valence-corrected chi connectivity index (χ1v) is 6.57. The van der Waals surface area contributed by atoms with Crippen LogP contribution in [0.3, 0.4) is 0 Å². The highest BCUT2D eigenvalue weighted by atomic mass is 79.9. The predicted molar refractivity (Wildman–Crippen MR) is 77.9 cm³/mol. The van der Waals surface area contributed by atoms with Crippen molar-refractivity contribution in [1.82, 2.24) is 0 Å². The molecule has 0 radical (unpaired) electrons. The molecule has 0 aromatic heterocycles. The van der Waals surface area contributed by atoms with Gasteiger partial charge in [-0.15, -0.1) is 0 Å². The second-order valence-electron chi connectivity index (χ2n) is 3.90. The zero-order valence-electron chi connectivity index (χ0n) is 9.88. The third-order valence-electron chi connectivity index (χ3n) is 2.53. The first-order valence-electron chi connectivity index (χ1n) is 5.40. The zero-order valence-corrected chi connectivity index (χ0v) is 12.2. The summed E-state index contributed by atoms with van der Waals surface area (Å²) in [5.41, 5.74) is 5.15. The van der Waals surface area contributed by atoms with Crippen LogP contribution >= 0.6 is 27.5 Å². The highest BCUT2D eigenvalue weighted by Gasteiger charge is 2.16. The molecule has 0 fully saturated rings. The minimum absolute atomic E-state index is 0.0598. The van der Waals surface area contributed by atoms with E-state index in [-0.39, 0.29) is 26.4 Å². The van der Waals surface area contributed by atoms with E-state index in [0.29, 0.717) is 0 Å². The summed E-state index contributed by atoms with van der Waals surface area (Å²) >= 11 is 8.86. The number of carbonyl (C=O) groups excluding carboxylic acids is 1. The topological polar surface area (TPSA) is 55.1 Å². The first kappa shape index (κ1) is 14.7. The van der Waals surface area contributed by atoms with E-state index in [2.05, 4.69) is 21.2 Å². The number of rotatable bonds is 2. The Morgan fingerprint density at radius 2 is 1.95 bits per heavy atom. The lowest BCUT2D eigenvalue weighted by atomic mass is 10.1. The average molecular weight is 362 g/mol. The van der Waals surface area contributed by atoms with Gasteiger partial charge in [0.25, 0.3) is 5.91 Å². The number of benzene rings is 2. The van der Waals surface area contributed by atoms with Gasteiger partial charge in [-0.05, 0) is 40.2 Å². The van der Waals surface area contributed by atoms with Crippen LogP contribution in [-0.2, 0) is 0 Å². The number of anilines is 2. The van der Waals surface area contributed by atoms with Gasteiger partial charge in [-0.2, -0.15) is 0 Å². The van der Waals surface area contributed by atoms with Gasteiger partial charge in [0.15, 0.2) is 0 Å². The number of carbonyl (C=O) groups is 1. The molecule has 104 valence electrons. The molecule has 7 heteroatoms. The molecule has 0 atom stereocenters. The van der Waals surface area contributed by atoms with Crippen molar-refractivity contribution in [2.24, 2.45) is 0 Å². The largest absolute Gasteiger partial charge is 0.396 e. The summed E-state index contributed by atoms with van der Waals surface area (Å²) in [6, 6.07) is 6.24. The van der Waals surface area contributed by atoms with Crippen molar-refractivity contribution in [1.29, 1.82) is 0 Å². The van der Waals surface area contributed by atoms with Gasteiger partial charge in [-0.25, -0.2) is 8.78 Å². The van der Waals surface area contributed by atoms with Crippen LogP contribution in [0.25, 0.3) is 0 Å². The Labute approximate surface area is 126 Å². The number of nitrogens with one attached hydrogen (secondary N) is 1. The summed E-state index contributed by atoms with van der Waals surface area (Å²) in [4.78, 5) is 12.1. The van der Waals surface area contributed by atoms with Gasteiger partial charge >= 0.3 is 0 Å². The molecule has 0 unspecified atom stereocenters. The summed E-state index contributed by atoms with van der Waals surface area (Å²) in [7, 11) is 0. The lowest BCUT2D eigenvalue weighted by molar-refractivity contribution is 0.102. The maximum Gasteiger partial charge on any atom is 0.257 e. The molecule has 0 heterocycles. The molecule has 0 aliphatic rings. The minimum Gasteiger partial charge on any atom is -0.396 e. The molecule has 20 heavy (non-hydrogen) atoms. The molecule has 2 aromatic carbocycles. The lowest BCUT2D eigenvalue weighted by Gasteiger charge is -2.10. The smallest absolute Gasteiger partial charge is 0.257 e. The third kappa shape index (κ3) is 2.91. The normalized spacial score (nSPS) is 10.4. The van der Waals surface area contributed by atoms with E-state index in [0.717, 1.165) is 18.2 Å². The molecule has 0 bridgehead atoms. The zero-order chi connectivity index (χ0) is 14.9. The number of hydrogen-bond donors (Lipinski definition) is 2. The van der Waals surface area contributed by atoms with Crippen LogP contribution in [0, 0.1) is 11.6 Å². The number of nitrogen functional groups attached to an aromatic ring is 1. The highest BCUT2D eigenvalue weighted by molar-refractivity contribution is 9.10. The van der Waals surface area contributed by atoms with Crippen LogP contribution < -0.4 is 11.1 Å². The van der Waals surface area contributed by atoms with Crippen molar-refractivity contribution in [2.75, 3.05) is 11.1 Å². The fourth-order valence-electron chi connectivity index (χ4n) is 1.54. The molecule has 3 N–H and O–H groups in total. The van der Waals surface area contributed by atoms with E-state index < -0.39 is 17.5 Å². The molecule has 2 aromatic rings. The van der Waals surface area contributed by atoms with Gasteiger partial charge in [0.1, 0.15) is 11.6 Å². The van der Waals surface area contributed by atoms with Gasteiger partial charge in [0.05, 0.1) is 22.0 Å². The quantitative estimate of drug-likeness (QED) is 0.787. The molecule has 0 saturated carbocycles. The third-order valence-corrected chi connectivity index (χ3v) is 3.50. The standard InChI is InChI=1S/C13H8BrClF2N2O/c14-7-5-10(17)11(18)4-6(7)13(20)19-12-8(15)2-1-3-9(12)16/h1-5H,18H2,(H,19,20). The van der Waals surface area contributed by atoms with Crippen molar-refractivity contribution < 1.29 is 13.6 Å². The van der Waals surface area contributed by atoms with E-state index in [1.54, 1.807) is 0 Å². The van der Waals surface area contributed by atoms with Gasteiger partial charge in [0, 0.05) is 4.47 Å². The van der Waals surface area contributed by atoms with E-state index >= 15 is 0 Å². The molecule has 0 aliphatic heterocycles. The van der Waals surface area contributed by atoms with Crippen LogP contribution in [0.2, 0.25) is 5.02 Å². The second-order valence-corrected chi connectivity index (χ2v) is 5.17. The van der Waals surface area contributed by atoms with E-state index in [1.165, 1.54) is 12.1 Å². The maximum atomic E-state index is 13.6. The SMILES string of the molecule is Nc1cc(C(=O)Nc2c(F)cccc2Cl)c(Br)cc1F. The highest BCUT2D eigenvalue weighted by Crippen LogP contribution is 2.27. The number of amides is 1. The maximum absolute atomic E-state index is 13.6. The molecule has 1 amide bonds. The van der Waals surface area contributed by atoms with Crippen LogP contribution in [0.5, 0.6) is 0 Å². The van der Waals surface area contributed by atoms with Crippen molar-refractivity contribution in [3.05, 3.63) is 57.0 Å². The van der Waals surface area contributed by atoms with Crippen LogP contribution in [0.4, 0.5) is 20.2 Å².